The lowest BCUT2D eigenvalue weighted by atomic mass is 10.0. The maximum absolute atomic E-state index is 5.45. The molecule has 1 aliphatic heterocycles. The van der Waals surface area contributed by atoms with Crippen molar-refractivity contribution in [2.45, 2.75) is 12.6 Å². The minimum absolute atomic E-state index is 0.159. The summed E-state index contributed by atoms with van der Waals surface area (Å²) < 4.78 is 2.29. The lowest BCUT2D eigenvalue weighted by molar-refractivity contribution is 0.287. The number of rotatable bonds is 1. The molecular weight excluding hydrogens is 256 g/mol. The summed E-state index contributed by atoms with van der Waals surface area (Å²) in [6, 6.07) is 8.52. The summed E-state index contributed by atoms with van der Waals surface area (Å²) in [6.45, 7) is 1.88. The van der Waals surface area contributed by atoms with E-state index in [1.165, 1.54) is 11.3 Å². The number of hydrogen-bond donors (Lipinski definition) is 1. The van der Waals surface area contributed by atoms with Crippen LogP contribution >= 0.6 is 12.2 Å². The van der Waals surface area contributed by atoms with Gasteiger partial charge in [0.1, 0.15) is 0 Å². The van der Waals surface area contributed by atoms with Crippen LogP contribution < -0.4 is 5.32 Å². The summed E-state index contributed by atoms with van der Waals surface area (Å²) in [5.74, 6) is 0. The van der Waals surface area contributed by atoms with E-state index in [1.807, 2.05) is 19.4 Å². The fourth-order valence-electron chi connectivity index (χ4n) is 2.64. The molecule has 1 unspecified atom stereocenters. The van der Waals surface area contributed by atoms with E-state index in [0.717, 1.165) is 18.2 Å². The fourth-order valence-corrected chi connectivity index (χ4v) is 2.84. The van der Waals surface area contributed by atoms with Crippen LogP contribution in [0.15, 0.2) is 42.9 Å². The number of aromatic nitrogens is 2. The third-order valence-corrected chi connectivity index (χ3v) is 3.97. The molecule has 0 radical (unpaired) electrons. The minimum atomic E-state index is 0.159. The van der Waals surface area contributed by atoms with Gasteiger partial charge in [0, 0.05) is 44.4 Å². The van der Waals surface area contributed by atoms with Crippen molar-refractivity contribution in [3.8, 4) is 0 Å². The molecule has 98 valence electrons. The molecule has 0 aliphatic carbocycles. The van der Waals surface area contributed by atoms with Crippen molar-refractivity contribution in [1.82, 2.24) is 19.8 Å². The molecule has 0 spiro atoms. The highest BCUT2D eigenvalue weighted by atomic mass is 32.1. The predicted molar refractivity (Wildman–Crippen MR) is 78.9 cm³/mol. The summed E-state index contributed by atoms with van der Waals surface area (Å²) in [5.41, 5.74) is 2.49. The van der Waals surface area contributed by atoms with Crippen LogP contribution in [0, 0.1) is 0 Å². The molecule has 0 saturated heterocycles. The number of thiocarbonyl (C=S) groups is 1. The molecule has 19 heavy (non-hydrogen) atoms. The Morgan fingerprint density at radius 3 is 2.84 bits per heavy atom. The smallest absolute Gasteiger partial charge is 0.169 e. The number of nitrogens with one attached hydrogen (secondary N) is 1. The summed E-state index contributed by atoms with van der Waals surface area (Å²) in [6.07, 6.45) is 5.79. The first-order chi connectivity index (χ1) is 9.31. The molecule has 0 amide bonds. The summed E-state index contributed by atoms with van der Waals surface area (Å²) in [4.78, 5) is 6.34. The summed E-state index contributed by atoms with van der Waals surface area (Å²) in [7, 11) is 1.87. The molecule has 4 nitrogen and oxygen atoms in total. The van der Waals surface area contributed by atoms with Crippen molar-refractivity contribution in [2.75, 3.05) is 13.6 Å². The summed E-state index contributed by atoms with van der Waals surface area (Å²) >= 11 is 5.45. The van der Waals surface area contributed by atoms with Gasteiger partial charge in [-0.2, -0.15) is 0 Å². The van der Waals surface area contributed by atoms with Crippen LogP contribution in [-0.2, 0) is 6.54 Å². The maximum Gasteiger partial charge on any atom is 0.169 e. The van der Waals surface area contributed by atoms with Gasteiger partial charge in [0.05, 0.1) is 6.04 Å². The van der Waals surface area contributed by atoms with E-state index in [1.54, 1.807) is 0 Å². The van der Waals surface area contributed by atoms with Crippen LogP contribution in [-0.4, -0.2) is 33.2 Å². The molecule has 1 atom stereocenters. The van der Waals surface area contributed by atoms with Crippen LogP contribution in [0.3, 0.4) is 0 Å². The Bertz CT molecular complexity index is 578. The molecule has 0 saturated carbocycles. The zero-order valence-electron chi connectivity index (χ0n) is 10.8. The molecular formula is C14H16N4S. The third kappa shape index (κ3) is 2.10. The van der Waals surface area contributed by atoms with Gasteiger partial charge < -0.3 is 14.8 Å². The van der Waals surface area contributed by atoms with E-state index in [-0.39, 0.29) is 6.04 Å². The Morgan fingerprint density at radius 2 is 2.11 bits per heavy atom. The van der Waals surface area contributed by atoms with Gasteiger partial charge in [-0.05, 0) is 42.0 Å². The molecule has 0 aromatic carbocycles. The normalized spacial score (nSPS) is 17.9. The van der Waals surface area contributed by atoms with Gasteiger partial charge in [0.25, 0.3) is 0 Å². The van der Waals surface area contributed by atoms with E-state index >= 15 is 0 Å². The molecule has 1 N–H and O–H groups in total. The van der Waals surface area contributed by atoms with Gasteiger partial charge in [-0.25, -0.2) is 0 Å². The van der Waals surface area contributed by atoms with Gasteiger partial charge in [0.15, 0.2) is 5.11 Å². The molecule has 3 rings (SSSR count). The fraction of sp³-hybridized carbons (Fsp3) is 0.286. The van der Waals surface area contributed by atoms with Crippen LogP contribution in [0.1, 0.15) is 17.3 Å². The highest BCUT2D eigenvalue weighted by Crippen LogP contribution is 2.31. The molecule has 1 aliphatic rings. The van der Waals surface area contributed by atoms with E-state index < -0.39 is 0 Å². The number of nitrogens with zero attached hydrogens (tertiary/aromatic N) is 3. The molecule has 3 heterocycles. The first-order valence-electron chi connectivity index (χ1n) is 6.34. The highest BCUT2D eigenvalue weighted by Gasteiger charge is 2.29. The monoisotopic (exact) mass is 272 g/mol. The van der Waals surface area contributed by atoms with Gasteiger partial charge in [0.2, 0.25) is 0 Å². The second-order valence-electron chi connectivity index (χ2n) is 4.56. The Hall–Kier alpha value is -1.88. The molecule has 0 bridgehead atoms. The van der Waals surface area contributed by atoms with Gasteiger partial charge in [-0.1, -0.05) is 0 Å². The zero-order valence-corrected chi connectivity index (χ0v) is 11.6. The van der Waals surface area contributed by atoms with Crippen molar-refractivity contribution >= 4 is 17.3 Å². The third-order valence-electron chi connectivity index (χ3n) is 3.53. The van der Waals surface area contributed by atoms with Crippen molar-refractivity contribution in [1.29, 1.82) is 0 Å². The molecule has 5 heteroatoms. The van der Waals surface area contributed by atoms with Crippen LogP contribution in [0.25, 0.3) is 0 Å². The predicted octanol–water partition coefficient (Wildman–Crippen LogP) is 1.79. The molecule has 2 aromatic heterocycles. The summed E-state index contributed by atoms with van der Waals surface area (Å²) in [5, 5.41) is 3.88. The molecule has 2 aromatic rings. The standard InChI is InChI=1S/C14H16N4S/c1-15-14(19)18-10-9-17-8-2-3-12(17)13(18)11-4-6-16-7-5-11/h2-8,13H,9-10H2,1H3,(H,15,19). The maximum atomic E-state index is 5.45. The Kier molecular flexibility index (Phi) is 3.21. The van der Waals surface area contributed by atoms with Crippen molar-refractivity contribution < 1.29 is 0 Å². The lowest BCUT2D eigenvalue weighted by Gasteiger charge is -2.38. The van der Waals surface area contributed by atoms with Crippen molar-refractivity contribution in [3.63, 3.8) is 0 Å². The average Bonchev–Trinajstić information content (AvgIpc) is 2.94. The topological polar surface area (TPSA) is 33.1 Å². The van der Waals surface area contributed by atoms with E-state index in [0.29, 0.717) is 0 Å². The second-order valence-corrected chi connectivity index (χ2v) is 4.94. The van der Waals surface area contributed by atoms with Gasteiger partial charge >= 0.3 is 0 Å². The first-order valence-corrected chi connectivity index (χ1v) is 6.75. The van der Waals surface area contributed by atoms with E-state index in [4.69, 9.17) is 12.2 Å². The lowest BCUT2D eigenvalue weighted by Crippen LogP contribution is -2.46. The Labute approximate surface area is 118 Å². The Morgan fingerprint density at radius 1 is 1.32 bits per heavy atom. The Balaban J connectivity index is 2.07. The van der Waals surface area contributed by atoms with Crippen molar-refractivity contribution in [3.05, 3.63) is 54.1 Å². The first kappa shape index (κ1) is 12.2. The van der Waals surface area contributed by atoms with E-state index in [9.17, 15) is 0 Å². The minimum Gasteiger partial charge on any atom is -0.366 e. The van der Waals surface area contributed by atoms with Gasteiger partial charge in [-0.15, -0.1) is 0 Å². The SMILES string of the molecule is CNC(=S)N1CCn2cccc2C1c1ccncc1. The van der Waals surface area contributed by atoms with Crippen LogP contribution in [0.2, 0.25) is 0 Å². The van der Waals surface area contributed by atoms with Crippen LogP contribution in [0.4, 0.5) is 0 Å². The highest BCUT2D eigenvalue weighted by molar-refractivity contribution is 7.80. The quantitative estimate of drug-likeness (QED) is 0.803. The average molecular weight is 272 g/mol. The number of pyridine rings is 1. The number of hydrogen-bond acceptors (Lipinski definition) is 2. The van der Waals surface area contributed by atoms with Gasteiger partial charge in [-0.3, -0.25) is 4.98 Å². The zero-order chi connectivity index (χ0) is 13.2. The second kappa shape index (κ2) is 5.01. The van der Waals surface area contributed by atoms with Crippen LogP contribution in [0.5, 0.6) is 0 Å². The molecule has 0 fully saturated rings. The number of fused-ring (bicyclic) bond motifs is 1. The van der Waals surface area contributed by atoms with E-state index in [2.05, 4.69) is 50.2 Å². The van der Waals surface area contributed by atoms with Crippen molar-refractivity contribution in [2.24, 2.45) is 0 Å². The largest absolute Gasteiger partial charge is 0.366 e.